The fraction of sp³-hybridized carbons (Fsp3) is 0.0727. The van der Waals surface area contributed by atoms with E-state index in [-0.39, 0.29) is 12.0 Å². The Bertz CT molecular complexity index is 3250. The number of hydrogen-bond acceptors (Lipinski definition) is 4. The van der Waals surface area contributed by atoms with E-state index in [2.05, 4.69) is 183 Å². The van der Waals surface area contributed by atoms with Gasteiger partial charge in [-0.25, -0.2) is 9.98 Å². The molecule has 2 unspecified atom stereocenters. The Hall–Kier alpha value is -7.43. The fourth-order valence-electron chi connectivity index (χ4n) is 8.76. The van der Waals surface area contributed by atoms with Crippen LogP contribution >= 0.6 is 0 Å². The van der Waals surface area contributed by atoms with Gasteiger partial charge in [0.25, 0.3) is 0 Å². The van der Waals surface area contributed by atoms with Crippen LogP contribution in [0.5, 0.6) is 0 Å². The lowest BCUT2D eigenvalue weighted by atomic mass is 9.83. The number of aliphatic imine (C=N–C) groups is 2. The van der Waals surface area contributed by atoms with Crippen LogP contribution in [-0.4, -0.2) is 16.5 Å². The molecule has 0 saturated heterocycles. The quantitative estimate of drug-likeness (QED) is 0.163. The number of amidine groups is 1. The van der Waals surface area contributed by atoms with Crippen molar-refractivity contribution in [1.29, 1.82) is 0 Å². The number of nitrogens with zero attached hydrogens (tertiary/aromatic N) is 3. The van der Waals surface area contributed by atoms with Gasteiger partial charge in [-0.2, -0.15) is 0 Å². The van der Waals surface area contributed by atoms with E-state index in [1.807, 2.05) is 18.2 Å². The van der Waals surface area contributed by atoms with Crippen molar-refractivity contribution in [3.8, 4) is 33.5 Å². The Morgan fingerprint density at radius 1 is 0.458 bits per heavy atom. The molecule has 280 valence electrons. The SMILES string of the molecule is CCC1C(c2ccc3c(c2)oc2ccc(-c4ccc5nc(-c6ccc(-c7ccc8ccccc8c7)cc6)ccc5c4)cc23)=NC(c2ccccc2)=NC1c1ccccc1. The summed E-state index contributed by atoms with van der Waals surface area (Å²) in [5.41, 5.74) is 13.8. The van der Waals surface area contributed by atoms with Gasteiger partial charge in [0, 0.05) is 38.8 Å². The first-order chi connectivity index (χ1) is 29.1. The van der Waals surface area contributed by atoms with Crippen molar-refractivity contribution in [3.63, 3.8) is 0 Å². The highest BCUT2D eigenvalue weighted by atomic mass is 16.3. The number of aromatic nitrogens is 1. The molecule has 4 nitrogen and oxygen atoms in total. The van der Waals surface area contributed by atoms with Crippen LogP contribution in [-0.2, 0) is 0 Å². The first kappa shape index (κ1) is 34.8. The molecule has 2 aromatic heterocycles. The minimum atomic E-state index is -0.0327. The largest absolute Gasteiger partial charge is 0.456 e. The van der Waals surface area contributed by atoms with Gasteiger partial charge in [-0.3, -0.25) is 4.99 Å². The van der Waals surface area contributed by atoms with Crippen LogP contribution in [0.15, 0.2) is 209 Å². The smallest absolute Gasteiger partial charge is 0.155 e. The summed E-state index contributed by atoms with van der Waals surface area (Å²) >= 11 is 0. The molecule has 11 rings (SSSR count). The summed E-state index contributed by atoms with van der Waals surface area (Å²) in [6.45, 7) is 2.23. The molecule has 0 fully saturated rings. The van der Waals surface area contributed by atoms with Crippen LogP contribution in [0.2, 0.25) is 0 Å². The lowest BCUT2D eigenvalue weighted by Gasteiger charge is -2.29. The van der Waals surface area contributed by atoms with Crippen LogP contribution in [0.25, 0.3) is 77.1 Å². The van der Waals surface area contributed by atoms with Gasteiger partial charge >= 0.3 is 0 Å². The summed E-state index contributed by atoms with van der Waals surface area (Å²) in [6, 6.07) is 68.6. The molecule has 4 heteroatoms. The Morgan fingerprint density at radius 2 is 1.10 bits per heavy atom. The maximum Gasteiger partial charge on any atom is 0.155 e. The third kappa shape index (κ3) is 6.40. The number of hydrogen-bond donors (Lipinski definition) is 0. The van der Waals surface area contributed by atoms with Crippen molar-refractivity contribution in [2.75, 3.05) is 0 Å². The zero-order valence-electron chi connectivity index (χ0n) is 32.6. The van der Waals surface area contributed by atoms with E-state index in [0.29, 0.717) is 0 Å². The van der Waals surface area contributed by atoms with E-state index in [9.17, 15) is 0 Å². The minimum absolute atomic E-state index is 0.0327. The van der Waals surface area contributed by atoms with Gasteiger partial charge < -0.3 is 4.42 Å². The summed E-state index contributed by atoms with van der Waals surface area (Å²) in [6.07, 6.45) is 0.911. The lowest BCUT2D eigenvalue weighted by Crippen LogP contribution is -2.28. The maximum absolute atomic E-state index is 6.55. The van der Waals surface area contributed by atoms with E-state index >= 15 is 0 Å². The second-order valence-corrected chi connectivity index (χ2v) is 15.5. The first-order valence-electron chi connectivity index (χ1n) is 20.4. The van der Waals surface area contributed by atoms with Gasteiger partial charge in [-0.05, 0) is 93.5 Å². The highest BCUT2D eigenvalue weighted by Gasteiger charge is 2.32. The zero-order valence-corrected chi connectivity index (χ0v) is 32.6. The van der Waals surface area contributed by atoms with E-state index in [4.69, 9.17) is 19.4 Å². The van der Waals surface area contributed by atoms with Gasteiger partial charge in [0.1, 0.15) is 11.2 Å². The summed E-state index contributed by atoms with van der Waals surface area (Å²) in [7, 11) is 0. The van der Waals surface area contributed by atoms with Crippen LogP contribution in [0, 0.1) is 5.92 Å². The van der Waals surface area contributed by atoms with Gasteiger partial charge in [-0.1, -0.05) is 153 Å². The third-order valence-electron chi connectivity index (χ3n) is 11.9. The van der Waals surface area contributed by atoms with Crippen molar-refractivity contribution in [2.45, 2.75) is 19.4 Å². The molecule has 59 heavy (non-hydrogen) atoms. The Balaban J connectivity index is 0.891. The fourth-order valence-corrected chi connectivity index (χ4v) is 8.76. The van der Waals surface area contributed by atoms with Gasteiger partial charge in [0.05, 0.1) is 23.0 Å². The first-order valence-corrected chi connectivity index (χ1v) is 20.4. The Morgan fingerprint density at radius 3 is 1.93 bits per heavy atom. The molecule has 0 radical (unpaired) electrons. The molecule has 1 aliphatic heterocycles. The predicted molar refractivity (Wildman–Crippen MR) is 245 cm³/mol. The number of furan rings is 1. The van der Waals surface area contributed by atoms with Gasteiger partial charge in [-0.15, -0.1) is 0 Å². The van der Waals surface area contributed by atoms with Crippen LogP contribution in [0.3, 0.4) is 0 Å². The normalized spacial score (nSPS) is 15.5. The average Bonchev–Trinajstić information content (AvgIpc) is 3.68. The number of benzene rings is 8. The molecule has 0 amide bonds. The molecule has 0 aliphatic carbocycles. The van der Waals surface area contributed by atoms with E-state index in [1.165, 1.54) is 27.5 Å². The number of pyridine rings is 1. The zero-order chi connectivity index (χ0) is 39.3. The predicted octanol–water partition coefficient (Wildman–Crippen LogP) is 14.3. The van der Waals surface area contributed by atoms with Crippen LogP contribution in [0.1, 0.15) is 36.1 Å². The van der Waals surface area contributed by atoms with E-state index in [0.717, 1.165) is 84.3 Å². The lowest BCUT2D eigenvalue weighted by molar-refractivity contribution is 0.532. The highest BCUT2D eigenvalue weighted by Crippen LogP contribution is 2.39. The molecule has 0 spiro atoms. The second kappa shape index (κ2) is 14.5. The topological polar surface area (TPSA) is 50.8 Å². The minimum Gasteiger partial charge on any atom is -0.456 e. The molecule has 0 saturated carbocycles. The number of rotatable bonds is 7. The van der Waals surface area contributed by atoms with Crippen molar-refractivity contribution in [2.24, 2.45) is 15.9 Å². The van der Waals surface area contributed by atoms with E-state index < -0.39 is 0 Å². The maximum atomic E-state index is 6.55. The average molecular weight is 758 g/mol. The standard InChI is InChI=1S/C55H39N3O/c1-2-46-53(38-12-5-3-6-13-38)57-55(39-14-7-4-8-15-39)58-54(46)45-23-27-47-48-33-43(26-30-51(48)59-52(47)34-45)42-24-28-50-44(32-42)25-29-49(56-50)37-20-17-36(18-21-37)41-22-19-35-11-9-10-16-40(35)31-41/h3-34,46,53H,2H2,1H3. The molecule has 8 aromatic carbocycles. The Kier molecular flexibility index (Phi) is 8.55. The summed E-state index contributed by atoms with van der Waals surface area (Å²) in [5.74, 6) is 0.889. The van der Waals surface area contributed by atoms with E-state index in [1.54, 1.807) is 0 Å². The highest BCUT2D eigenvalue weighted by molar-refractivity contribution is 6.17. The molecule has 0 bridgehead atoms. The molecule has 10 aromatic rings. The molecule has 0 N–H and O–H groups in total. The van der Waals surface area contributed by atoms with Crippen molar-refractivity contribution in [3.05, 3.63) is 211 Å². The molecule has 3 heterocycles. The summed E-state index contributed by atoms with van der Waals surface area (Å²) < 4.78 is 6.55. The van der Waals surface area contributed by atoms with Crippen LogP contribution in [0.4, 0.5) is 0 Å². The third-order valence-corrected chi connectivity index (χ3v) is 11.9. The van der Waals surface area contributed by atoms with Crippen molar-refractivity contribution in [1.82, 2.24) is 4.98 Å². The summed E-state index contributed by atoms with van der Waals surface area (Å²) in [4.78, 5) is 15.6. The molecular formula is C55H39N3O. The molecule has 1 aliphatic rings. The summed E-state index contributed by atoms with van der Waals surface area (Å²) in [5, 5.41) is 5.79. The van der Waals surface area contributed by atoms with Crippen molar-refractivity contribution < 1.29 is 4.42 Å². The molecular weight excluding hydrogens is 719 g/mol. The Labute approximate surface area is 342 Å². The van der Waals surface area contributed by atoms with Gasteiger partial charge in [0.2, 0.25) is 0 Å². The van der Waals surface area contributed by atoms with Crippen LogP contribution < -0.4 is 0 Å². The molecule has 2 atom stereocenters. The van der Waals surface area contributed by atoms with Gasteiger partial charge in [0.15, 0.2) is 5.84 Å². The monoisotopic (exact) mass is 757 g/mol. The van der Waals surface area contributed by atoms with Crippen molar-refractivity contribution >= 4 is 55.2 Å². The second-order valence-electron chi connectivity index (χ2n) is 15.5. The number of fused-ring (bicyclic) bond motifs is 5.